The Morgan fingerprint density at radius 2 is 1.61 bits per heavy atom. The van der Waals surface area contributed by atoms with Gasteiger partial charge in [0.2, 0.25) is 5.91 Å². The van der Waals surface area contributed by atoms with Crippen LogP contribution in [0.3, 0.4) is 0 Å². The van der Waals surface area contributed by atoms with Crippen LogP contribution in [0.2, 0.25) is 0 Å². The van der Waals surface area contributed by atoms with Crippen LogP contribution in [0.5, 0.6) is 0 Å². The van der Waals surface area contributed by atoms with E-state index in [4.69, 9.17) is 0 Å². The van der Waals surface area contributed by atoms with Crippen LogP contribution in [0.4, 0.5) is 0 Å². The minimum Gasteiger partial charge on any atom is -0.342 e. The fourth-order valence-corrected chi connectivity index (χ4v) is 3.11. The molecule has 3 nitrogen and oxygen atoms in total. The molecule has 0 N–H and O–H groups in total. The van der Waals surface area contributed by atoms with Crippen molar-refractivity contribution >= 4 is 5.91 Å². The van der Waals surface area contributed by atoms with Crippen LogP contribution in [0.15, 0.2) is 0 Å². The van der Waals surface area contributed by atoms with Gasteiger partial charge >= 0.3 is 0 Å². The summed E-state index contributed by atoms with van der Waals surface area (Å²) in [6.07, 6.45) is 3.41. The van der Waals surface area contributed by atoms with E-state index in [2.05, 4.69) is 32.6 Å². The molecule has 2 atom stereocenters. The summed E-state index contributed by atoms with van der Waals surface area (Å²) >= 11 is 0. The van der Waals surface area contributed by atoms with E-state index in [1.165, 1.54) is 6.42 Å². The van der Waals surface area contributed by atoms with E-state index in [1.807, 2.05) is 4.90 Å². The highest BCUT2D eigenvalue weighted by molar-refractivity contribution is 5.78. The standard InChI is InChI=1S/C15H30N2O/c1-5-7-17(8-6-2)15(18)12-16-10-13(3)9-14(4)11-16/h13-14H,5-12H2,1-4H3. The van der Waals surface area contributed by atoms with Crippen LogP contribution in [0, 0.1) is 11.8 Å². The van der Waals surface area contributed by atoms with Gasteiger partial charge in [-0.15, -0.1) is 0 Å². The highest BCUT2D eigenvalue weighted by Gasteiger charge is 2.24. The van der Waals surface area contributed by atoms with E-state index >= 15 is 0 Å². The Bertz CT molecular complexity index is 239. The van der Waals surface area contributed by atoms with Gasteiger partial charge in [0.1, 0.15) is 0 Å². The van der Waals surface area contributed by atoms with Gasteiger partial charge in [0.15, 0.2) is 0 Å². The normalized spacial score (nSPS) is 25.1. The van der Waals surface area contributed by atoms with Gasteiger partial charge in [-0.2, -0.15) is 0 Å². The van der Waals surface area contributed by atoms with Crippen molar-refractivity contribution in [3.05, 3.63) is 0 Å². The van der Waals surface area contributed by atoms with Crippen molar-refractivity contribution in [3.8, 4) is 0 Å². The molecule has 0 aromatic rings. The van der Waals surface area contributed by atoms with Gasteiger partial charge in [-0.25, -0.2) is 0 Å². The van der Waals surface area contributed by atoms with Crippen LogP contribution in [-0.2, 0) is 4.79 Å². The molecule has 1 saturated heterocycles. The molecule has 106 valence electrons. The third-order valence-electron chi connectivity index (χ3n) is 3.64. The van der Waals surface area contributed by atoms with Crippen molar-refractivity contribution in [2.24, 2.45) is 11.8 Å². The Kier molecular flexibility index (Phi) is 6.69. The van der Waals surface area contributed by atoms with Crippen molar-refractivity contribution < 1.29 is 4.79 Å². The number of hydrogen-bond donors (Lipinski definition) is 0. The van der Waals surface area contributed by atoms with Gasteiger partial charge in [0, 0.05) is 26.2 Å². The fraction of sp³-hybridized carbons (Fsp3) is 0.933. The van der Waals surface area contributed by atoms with Crippen LogP contribution >= 0.6 is 0 Å². The van der Waals surface area contributed by atoms with Gasteiger partial charge in [-0.05, 0) is 31.1 Å². The largest absolute Gasteiger partial charge is 0.342 e. The minimum atomic E-state index is 0.319. The van der Waals surface area contributed by atoms with Crippen LogP contribution in [-0.4, -0.2) is 48.4 Å². The monoisotopic (exact) mass is 254 g/mol. The molecule has 1 aliphatic rings. The summed E-state index contributed by atoms with van der Waals surface area (Å²) < 4.78 is 0. The van der Waals surface area contributed by atoms with Crippen molar-refractivity contribution in [3.63, 3.8) is 0 Å². The molecule has 3 heteroatoms. The second-order valence-corrected chi connectivity index (χ2v) is 6.02. The molecule has 1 heterocycles. The predicted octanol–water partition coefficient (Wildman–Crippen LogP) is 2.61. The number of piperidine rings is 1. The van der Waals surface area contributed by atoms with Crippen LogP contribution in [0.1, 0.15) is 47.0 Å². The Balaban J connectivity index is 2.46. The average Bonchev–Trinajstić information content (AvgIpc) is 2.27. The summed E-state index contributed by atoms with van der Waals surface area (Å²) in [4.78, 5) is 16.7. The topological polar surface area (TPSA) is 23.6 Å². The van der Waals surface area contributed by atoms with Gasteiger partial charge in [-0.1, -0.05) is 27.7 Å². The first-order valence-corrected chi connectivity index (χ1v) is 7.56. The summed E-state index contributed by atoms with van der Waals surface area (Å²) in [7, 11) is 0. The molecule has 0 aromatic carbocycles. The van der Waals surface area contributed by atoms with E-state index in [1.54, 1.807) is 0 Å². The number of carbonyl (C=O) groups is 1. The molecule has 1 fully saturated rings. The van der Waals surface area contributed by atoms with E-state index in [0.717, 1.165) is 50.9 Å². The maximum Gasteiger partial charge on any atom is 0.236 e. The summed E-state index contributed by atoms with van der Waals surface area (Å²) in [5.74, 6) is 1.78. The lowest BCUT2D eigenvalue weighted by Gasteiger charge is -2.35. The SMILES string of the molecule is CCCN(CCC)C(=O)CN1CC(C)CC(C)C1. The first-order valence-electron chi connectivity index (χ1n) is 7.56. The Morgan fingerprint density at radius 1 is 1.11 bits per heavy atom. The van der Waals surface area contributed by atoms with E-state index in [-0.39, 0.29) is 0 Å². The molecule has 0 spiro atoms. The lowest BCUT2D eigenvalue weighted by molar-refractivity contribution is -0.133. The molecule has 0 aliphatic carbocycles. The second-order valence-electron chi connectivity index (χ2n) is 6.02. The number of nitrogens with zero attached hydrogens (tertiary/aromatic N) is 2. The summed E-state index contributed by atoms with van der Waals surface area (Å²) in [6, 6.07) is 0. The number of likely N-dealkylation sites (tertiary alicyclic amines) is 1. The first kappa shape index (κ1) is 15.5. The Labute approximate surface area is 113 Å². The highest BCUT2D eigenvalue weighted by Crippen LogP contribution is 2.20. The third kappa shape index (κ3) is 4.97. The van der Waals surface area contributed by atoms with Crippen LogP contribution in [0.25, 0.3) is 0 Å². The number of rotatable bonds is 6. The quantitative estimate of drug-likeness (QED) is 0.727. The number of hydrogen-bond acceptors (Lipinski definition) is 2. The number of amides is 1. The molecule has 0 saturated carbocycles. The lowest BCUT2D eigenvalue weighted by Crippen LogP contribution is -2.46. The Hall–Kier alpha value is -0.570. The molecule has 1 aliphatic heterocycles. The zero-order chi connectivity index (χ0) is 13.5. The highest BCUT2D eigenvalue weighted by atomic mass is 16.2. The first-order chi connectivity index (χ1) is 8.56. The summed E-state index contributed by atoms with van der Waals surface area (Å²) in [5.41, 5.74) is 0. The molecule has 2 unspecified atom stereocenters. The average molecular weight is 254 g/mol. The minimum absolute atomic E-state index is 0.319. The van der Waals surface area contributed by atoms with E-state index in [9.17, 15) is 4.79 Å². The second kappa shape index (κ2) is 7.78. The van der Waals surface area contributed by atoms with Gasteiger partial charge < -0.3 is 4.90 Å². The van der Waals surface area contributed by atoms with Gasteiger partial charge in [-0.3, -0.25) is 9.69 Å². The maximum atomic E-state index is 12.3. The van der Waals surface area contributed by atoms with Gasteiger partial charge in [0.25, 0.3) is 0 Å². The predicted molar refractivity (Wildman–Crippen MR) is 76.5 cm³/mol. The molecule has 0 aromatic heterocycles. The molecule has 1 amide bonds. The summed E-state index contributed by atoms with van der Waals surface area (Å²) in [5, 5.41) is 0. The molecule has 18 heavy (non-hydrogen) atoms. The zero-order valence-electron chi connectivity index (χ0n) is 12.6. The van der Waals surface area contributed by atoms with Crippen molar-refractivity contribution in [2.75, 3.05) is 32.7 Å². The van der Waals surface area contributed by atoms with Crippen LogP contribution < -0.4 is 0 Å². The van der Waals surface area contributed by atoms with Gasteiger partial charge in [0.05, 0.1) is 6.54 Å². The molecular formula is C15H30N2O. The van der Waals surface area contributed by atoms with E-state index < -0.39 is 0 Å². The van der Waals surface area contributed by atoms with Crippen molar-refractivity contribution in [2.45, 2.75) is 47.0 Å². The number of carbonyl (C=O) groups excluding carboxylic acids is 1. The smallest absolute Gasteiger partial charge is 0.236 e. The zero-order valence-corrected chi connectivity index (χ0v) is 12.6. The molecule has 0 bridgehead atoms. The van der Waals surface area contributed by atoms with Crippen molar-refractivity contribution in [1.29, 1.82) is 0 Å². The maximum absolute atomic E-state index is 12.3. The molecular weight excluding hydrogens is 224 g/mol. The fourth-order valence-electron chi connectivity index (χ4n) is 3.11. The third-order valence-corrected chi connectivity index (χ3v) is 3.64. The molecule has 0 radical (unpaired) electrons. The molecule has 1 rings (SSSR count). The lowest BCUT2D eigenvalue weighted by atomic mass is 9.92. The van der Waals surface area contributed by atoms with Crippen molar-refractivity contribution in [1.82, 2.24) is 9.80 Å². The Morgan fingerprint density at radius 3 is 2.06 bits per heavy atom. The van der Waals surface area contributed by atoms with E-state index in [0.29, 0.717) is 12.5 Å². The summed E-state index contributed by atoms with van der Waals surface area (Å²) in [6.45, 7) is 13.5.